The van der Waals surface area contributed by atoms with Gasteiger partial charge in [-0.05, 0) is 36.8 Å². The van der Waals surface area contributed by atoms with Gasteiger partial charge in [0.25, 0.3) is 5.91 Å². The molecular formula is C15H18BrF2NO. The van der Waals surface area contributed by atoms with Gasteiger partial charge in [-0.15, -0.1) is 0 Å². The fraction of sp³-hybridized carbons (Fsp3) is 0.533. The molecule has 1 aliphatic rings. The van der Waals surface area contributed by atoms with Crippen molar-refractivity contribution in [3.8, 4) is 0 Å². The van der Waals surface area contributed by atoms with E-state index in [1.165, 1.54) is 0 Å². The highest BCUT2D eigenvalue weighted by molar-refractivity contribution is 9.10. The number of amides is 1. The molecule has 0 spiro atoms. The lowest BCUT2D eigenvalue weighted by atomic mass is 9.83. The zero-order valence-electron chi connectivity index (χ0n) is 11.4. The Labute approximate surface area is 126 Å². The van der Waals surface area contributed by atoms with Gasteiger partial charge in [-0.1, -0.05) is 35.7 Å². The van der Waals surface area contributed by atoms with Crippen molar-refractivity contribution in [1.82, 2.24) is 5.32 Å². The van der Waals surface area contributed by atoms with E-state index in [1.807, 2.05) is 0 Å². The summed E-state index contributed by atoms with van der Waals surface area (Å²) < 4.78 is 27.6. The number of carbonyl (C=O) groups excluding carboxylic acids is 1. The van der Waals surface area contributed by atoms with E-state index in [0.717, 1.165) is 43.7 Å². The standard InChI is InChI=1S/C15H18BrF2NO/c1-9-2-4-10(5-3-9)8-19-15(20)14-12(17)6-11(16)7-13(14)18/h6-7,9-10H,2-5,8H2,1H3,(H,19,20). The third-order valence-corrected chi connectivity index (χ3v) is 4.38. The molecule has 1 amide bonds. The first-order valence-electron chi connectivity index (χ1n) is 6.90. The minimum Gasteiger partial charge on any atom is -0.352 e. The molecule has 0 bridgehead atoms. The maximum absolute atomic E-state index is 13.6. The average Bonchev–Trinajstić information content (AvgIpc) is 2.37. The third kappa shape index (κ3) is 3.78. The molecule has 1 saturated carbocycles. The summed E-state index contributed by atoms with van der Waals surface area (Å²) in [4.78, 5) is 11.9. The number of rotatable bonds is 3. The maximum atomic E-state index is 13.6. The SMILES string of the molecule is CC1CCC(CNC(=O)c2c(F)cc(Br)cc2F)CC1. The van der Waals surface area contributed by atoms with Crippen LogP contribution in [0.5, 0.6) is 0 Å². The highest BCUT2D eigenvalue weighted by Crippen LogP contribution is 2.27. The molecule has 1 aromatic rings. The van der Waals surface area contributed by atoms with E-state index in [1.54, 1.807) is 0 Å². The number of hydrogen-bond acceptors (Lipinski definition) is 1. The summed E-state index contributed by atoms with van der Waals surface area (Å²) in [6, 6.07) is 2.20. The van der Waals surface area contributed by atoms with Crippen LogP contribution in [0.1, 0.15) is 43.0 Å². The van der Waals surface area contributed by atoms with Crippen LogP contribution in [0.4, 0.5) is 8.78 Å². The molecule has 2 nitrogen and oxygen atoms in total. The highest BCUT2D eigenvalue weighted by atomic mass is 79.9. The minimum atomic E-state index is -0.841. The predicted molar refractivity (Wildman–Crippen MR) is 77.5 cm³/mol. The first-order chi connectivity index (χ1) is 9.47. The van der Waals surface area contributed by atoms with Crippen molar-refractivity contribution in [2.75, 3.05) is 6.54 Å². The van der Waals surface area contributed by atoms with Crippen LogP contribution < -0.4 is 5.32 Å². The summed E-state index contributed by atoms with van der Waals surface area (Å²) in [6.07, 6.45) is 4.43. The van der Waals surface area contributed by atoms with Gasteiger partial charge < -0.3 is 5.32 Å². The number of hydrogen-bond donors (Lipinski definition) is 1. The Kier molecular flexibility index (Phi) is 5.13. The molecule has 1 aliphatic carbocycles. The molecule has 2 rings (SSSR count). The van der Waals surface area contributed by atoms with E-state index < -0.39 is 23.1 Å². The molecular weight excluding hydrogens is 328 g/mol. The van der Waals surface area contributed by atoms with Gasteiger partial charge >= 0.3 is 0 Å². The van der Waals surface area contributed by atoms with E-state index in [4.69, 9.17) is 0 Å². The maximum Gasteiger partial charge on any atom is 0.257 e. The average molecular weight is 346 g/mol. The van der Waals surface area contributed by atoms with Gasteiger partial charge in [-0.3, -0.25) is 4.79 Å². The molecule has 1 fully saturated rings. The molecule has 1 N–H and O–H groups in total. The first-order valence-corrected chi connectivity index (χ1v) is 7.69. The molecule has 20 heavy (non-hydrogen) atoms. The Bertz CT molecular complexity index is 476. The second-order valence-corrected chi connectivity index (χ2v) is 6.50. The van der Waals surface area contributed by atoms with Crippen LogP contribution in [0.25, 0.3) is 0 Å². The van der Waals surface area contributed by atoms with E-state index >= 15 is 0 Å². The topological polar surface area (TPSA) is 29.1 Å². The lowest BCUT2D eigenvalue weighted by Crippen LogP contribution is -2.32. The van der Waals surface area contributed by atoms with Gasteiger partial charge in [0, 0.05) is 11.0 Å². The number of benzene rings is 1. The zero-order chi connectivity index (χ0) is 14.7. The van der Waals surface area contributed by atoms with Crippen molar-refractivity contribution in [2.24, 2.45) is 11.8 Å². The Morgan fingerprint density at radius 3 is 2.35 bits per heavy atom. The summed E-state index contributed by atoms with van der Waals surface area (Å²) in [5.41, 5.74) is -0.502. The molecule has 0 unspecified atom stereocenters. The quantitative estimate of drug-likeness (QED) is 0.870. The van der Waals surface area contributed by atoms with Gasteiger partial charge in [0.1, 0.15) is 17.2 Å². The lowest BCUT2D eigenvalue weighted by molar-refractivity contribution is 0.0933. The largest absolute Gasteiger partial charge is 0.352 e. The van der Waals surface area contributed by atoms with Gasteiger partial charge in [-0.2, -0.15) is 0 Å². The van der Waals surface area contributed by atoms with Crippen molar-refractivity contribution in [3.05, 3.63) is 33.8 Å². The third-order valence-electron chi connectivity index (χ3n) is 3.92. The Morgan fingerprint density at radius 2 is 1.80 bits per heavy atom. The minimum absolute atomic E-state index is 0.283. The molecule has 0 atom stereocenters. The summed E-state index contributed by atoms with van der Waals surface area (Å²) in [7, 11) is 0. The van der Waals surface area contributed by atoms with E-state index in [2.05, 4.69) is 28.2 Å². The molecule has 0 aliphatic heterocycles. The number of nitrogens with one attached hydrogen (secondary N) is 1. The molecule has 0 saturated heterocycles. The number of halogens is 3. The molecule has 1 aromatic carbocycles. The number of carbonyl (C=O) groups is 1. The predicted octanol–water partition coefficient (Wildman–Crippen LogP) is 4.28. The summed E-state index contributed by atoms with van der Waals surface area (Å²) in [6.45, 7) is 2.71. The van der Waals surface area contributed by atoms with Crippen molar-refractivity contribution >= 4 is 21.8 Å². The van der Waals surface area contributed by atoms with Crippen molar-refractivity contribution < 1.29 is 13.6 Å². The highest BCUT2D eigenvalue weighted by Gasteiger charge is 2.21. The van der Waals surface area contributed by atoms with Crippen LogP contribution in [0.15, 0.2) is 16.6 Å². The van der Waals surface area contributed by atoms with Gasteiger partial charge in [0.15, 0.2) is 0 Å². The normalized spacial score (nSPS) is 22.6. The Balaban J connectivity index is 1.95. The van der Waals surface area contributed by atoms with Crippen molar-refractivity contribution in [3.63, 3.8) is 0 Å². The zero-order valence-corrected chi connectivity index (χ0v) is 13.0. The second kappa shape index (κ2) is 6.66. The summed E-state index contributed by atoms with van der Waals surface area (Å²) >= 11 is 2.99. The van der Waals surface area contributed by atoms with E-state index in [-0.39, 0.29) is 4.47 Å². The molecule has 0 aromatic heterocycles. The van der Waals surface area contributed by atoms with Gasteiger partial charge in [0.2, 0.25) is 0 Å². The fourth-order valence-corrected chi connectivity index (χ4v) is 3.02. The second-order valence-electron chi connectivity index (χ2n) is 5.58. The summed E-state index contributed by atoms with van der Waals surface area (Å²) in [5, 5.41) is 2.65. The van der Waals surface area contributed by atoms with Crippen molar-refractivity contribution in [2.45, 2.75) is 32.6 Å². The van der Waals surface area contributed by atoms with Crippen molar-refractivity contribution in [1.29, 1.82) is 0 Å². The Hall–Kier alpha value is -0.970. The van der Waals surface area contributed by atoms with Crippen LogP contribution in [0.3, 0.4) is 0 Å². The van der Waals surface area contributed by atoms with Crippen LogP contribution in [-0.4, -0.2) is 12.5 Å². The van der Waals surface area contributed by atoms with Gasteiger partial charge in [-0.25, -0.2) is 8.78 Å². The van der Waals surface area contributed by atoms with Crippen LogP contribution in [0.2, 0.25) is 0 Å². The fourth-order valence-electron chi connectivity index (χ4n) is 2.62. The monoisotopic (exact) mass is 345 g/mol. The summed E-state index contributed by atoms with van der Waals surface area (Å²) in [5.74, 6) is -1.20. The molecule has 0 radical (unpaired) electrons. The Morgan fingerprint density at radius 1 is 1.25 bits per heavy atom. The van der Waals surface area contributed by atoms with Crippen LogP contribution >= 0.6 is 15.9 Å². The lowest BCUT2D eigenvalue weighted by Gasteiger charge is -2.26. The van der Waals surface area contributed by atoms with E-state index in [9.17, 15) is 13.6 Å². The van der Waals surface area contributed by atoms with Gasteiger partial charge in [0.05, 0.1) is 0 Å². The molecule has 0 heterocycles. The molecule has 110 valence electrons. The van der Waals surface area contributed by atoms with Crippen LogP contribution in [-0.2, 0) is 0 Å². The first kappa shape index (κ1) is 15.4. The molecule has 5 heteroatoms. The van der Waals surface area contributed by atoms with Crippen LogP contribution in [0, 0.1) is 23.5 Å². The smallest absolute Gasteiger partial charge is 0.257 e. The van der Waals surface area contributed by atoms with E-state index in [0.29, 0.717) is 12.5 Å².